The smallest absolute Gasteiger partial charge is 0.253 e. The van der Waals surface area contributed by atoms with Crippen molar-refractivity contribution in [2.75, 3.05) is 26.3 Å². The second kappa shape index (κ2) is 9.16. The molecule has 0 spiro atoms. The Labute approximate surface area is 201 Å². The first-order valence-corrected chi connectivity index (χ1v) is 12.3. The zero-order valence-corrected chi connectivity index (χ0v) is 19.6. The van der Waals surface area contributed by atoms with Crippen LogP contribution in [0.3, 0.4) is 0 Å². The number of nitrogens with zero attached hydrogens (tertiary/aromatic N) is 2. The molecule has 0 saturated carbocycles. The highest BCUT2D eigenvalue weighted by Crippen LogP contribution is 2.38. The molecule has 8 heteroatoms. The number of aliphatic hydroxyl groups excluding tert-OH is 1. The lowest BCUT2D eigenvalue weighted by atomic mass is 9.96. The van der Waals surface area contributed by atoms with Crippen molar-refractivity contribution in [3.05, 3.63) is 64.3 Å². The number of ether oxygens (including phenoxy) is 1. The van der Waals surface area contributed by atoms with E-state index in [0.717, 1.165) is 21.6 Å². The van der Waals surface area contributed by atoms with Gasteiger partial charge in [0.1, 0.15) is 5.60 Å². The number of carbonyl (C=O) groups is 1. The number of likely N-dealkylation sites (tertiary alicyclic amines) is 1. The van der Waals surface area contributed by atoms with E-state index in [4.69, 9.17) is 16.3 Å². The predicted octanol–water partition coefficient (Wildman–Crippen LogP) is 4.34. The van der Waals surface area contributed by atoms with Gasteiger partial charge >= 0.3 is 0 Å². The number of benzene rings is 1. The van der Waals surface area contributed by atoms with Gasteiger partial charge in [-0.1, -0.05) is 17.7 Å². The fraction of sp³-hybridized carbons (Fsp3) is 0.360. The predicted molar refractivity (Wildman–Crippen MR) is 128 cm³/mol. The van der Waals surface area contributed by atoms with Crippen molar-refractivity contribution >= 4 is 28.8 Å². The Balaban J connectivity index is 1.36. The molecule has 0 bridgehead atoms. The Bertz CT molecular complexity index is 1170. The molecule has 1 amide bonds. The quantitative estimate of drug-likeness (QED) is 0.575. The van der Waals surface area contributed by atoms with Gasteiger partial charge in [0.15, 0.2) is 0 Å². The number of thiophene rings is 1. The van der Waals surface area contributed by atoms with Gasteiger partial charge in [-0.3, -0.25) is 9.78 Å². The van der Waals surface area contributed by atoms with Crippen LogP contribution in [-0.4, -0.2) is 58.4 Å². The van der Waals surface area contributed by atoms with Crippen molar-refractivity contribution in [1.82, 2.24) is 9.88 Å². The molecule has 5 rings (SSSR count). The minimum Gasteiger partial charge on any atom is -0.393 e. The lowest BCUT2D eigenvalue weighted by Crippen LogP contribution is -2.40. The van der Waals surface area contributed by atoms with Crippen LogP contribution in [0.1, 0.15) is 35.3 Å². The van der Waals surface area contributed by atoms with Gasteiger partial charge in [0.25, 0.3) is 5.91 Å². The number of pyridine rings is 1. The van der Waals surface area contributed by atoms with Crippen molar-refractivity contribution < 1.29 is 19.7 Å². The summed E-state index contributed by atoms with van der Waals surface area (Å²) in [6.45, 7) is 1.91. The molecule has 33 heavy (non-hydrogen) atoms. The third-order valence-electron chi connectivity index (χ3n) is 6.40. The van der Waals surface area contributed by atoms with Gasteiger partial charge in [-0.25, -0.2) is 0 Å². The number of piperidine rings is 1. The summed E-state index contributed by atoms with van der Waals surface area (Å²) in [6, 6.07) is 11.3. The molecule has 3 aromatic rings. The van der Waals surface area contributed by atoms with Gasteiger partial charge in [0.05, 0.1) is 23.4 Å². The minimum atomic E-state index is -1.03. The normalized spacial score (nSPS) is 21.5. The maximum Gasteiger partial charge on any atom is 0.253 e. The van der Waals surface area contributed by atoms with E-state index in [9.17, 15) is 15.0 Å². The average molecular weight is 485 g/mol. The Morgan fingerprint density at radius 3 is 2.73 bits per heavy atom. The Morgan fingerprint density at radius 1 is 1.18 bits per heavy atom. The lowest BCUT2D eigenvalue weighted by molar-refractivity contribution is 0.0195. The average Bonchev–Trinajstić information content (AvgIpc) is 3.49. The molecule has 2 aromatic heterocycles. The molecule has 2 fully saturated rings. The van der Waals surface area contributed by atoms with Crippen LogP contribution in [0.2, 0.25) is 5.02 Å². The van der Waals surface area contributed by atoms with Gasteiger partial charge in [-0.2, -0.15) is 0 Å². The minimum absolute atomic E-state index is 0.0552. The van der Waals surface area contributed by atoms with Crippen LogP contribution in [0.15, 0.2) is 48.0 Å². The maximum absolute atomic E-state index is 12.8. The summed E-state index contributed by atoms with van der Waals surface area (Å²) in [5.74, 6) is -0.0552. The number of hydrogen-bond donors (Lipinski definition) is 2. The second-order valence-corrected chi connectivity index (χ2v) is 10.00. The van der Waals surface area contributed by atoms with Crippen molar-refractivity contribution in [3.63, 3.8) is 0 Å². The van der Waals surface area contributed by atoms with E-state index < -0.39 is 5.60 Å². The molecule has 1 unspecified atom stereocenters. The highest BCUT2D eigenvalue weighted by Gasteiger charge is 2.35. The molecule has 172 valence electrons. The fourth-order valence-corrected chi connectivity index (χ4v) is 5.65. The van der Waals surface area contributed by atoms with Crippen LogP contribution in [0, 0.1) is 0 Å². The molecule has 0 aliphatic carbocycles. The number of aromatic nitrogens is 1. The van der Waals surface area contributed by atoms with Gasteiger partial charge in [-0.15, -0.1) is 11.3 Å². The number of amides is 1. The summed E-state index contributed by atoms with van der Waals surface area (Å²) in [4.78, 5) is 20.0. The van der Waals surface area contributed by atoms with Crippen molar-refractivity contribution in [2.24, 2.45) is 0 Å². The fourth-order valence-electron chi connectivity index (χ4n) is 4.35. The Kier molecular flexibility index (Phi) is 6.24. The van der Waals surface area contributed by atoms with Crippen molar-refractivity contribution in [1.29, 1.82) is 0 Å². The highest BCUT2D eigenvalue weighted by atomic mass is 35.5. The van der Waals surface area contributed by atoms with E-state index in [1.807, 2.05) is 24.3 Å². The SMILES string of the molecule is O=C(c1ccc(-c2cc(-c3ccnc(C4(O)CCOC4)c3)cs2)c(Cl)c1)N1CCC(O)CC1. The number of halogens is 1. The van der Waals surface area contributed by atoms with Crippen LogP contribution < -0.4 is 0 Å². The highest BCUT2D eigenvalue weighted by molar-refractivity contribution is 7.14. The van der Waals surface area contributed by atoms with E-state index in [0.29, 0.717) is 55.2 Å². The molecule has 1 aromatic carbocycles. The number of hydrogen-bond acceptors (Lipinski definition) is 6. The van der Waals surface area contributed by atoms with Crippen LogP contribution in [0.4, 0.5) is 0 Å². The molecule has 2 aliphatic heterocycles. The van der Waals surface area contributed by atoms with E-state index in [1.54, 1.807) is 28.5 Å². The third kappa shape index (κ3) is 4.56. The first-order valence-electron chi connectivity index (χ1n) is 11.1. The molecule has 1 atom stereocenters. The van der Waals surface area contributed by atoms with E-state index in [2.05, 4.69) is 16.4 Å². The number of carbonyl (C=O) groups excluding carboxylic acids is 1. The van der Waals surface area contributed by atoms with Gasteiger partial charge in [0, 0.05) is 48.3 Å². The summed E-state index contributed by atoms with van der Waals surface area (Å²) >= 11 is 8.17. The lowest BCUT2D eigenvalue weighted by Gasteiger charge is -2.29. The maximum atomic E-state index is 12.8. The molecular weight excluding hydrogens is 460 g/mol. The first-order chi connectivity index (χ1) is 15.9. The van der Waals surface area contributed by atoms with Gasteiger partial charge < -0.3 is 19.8 Å². The summed E-state index contributed by atoms with van der Waals surface area (Å²) in [5.41, 5.74) is 3.00. The van der Waals surface area contributed by atoms with E-state index >= 15 is 0 Å². The van der Waals surface area contributed by atoms with Crippen LogP contribution in [-0.2, 0) is 10.3 Å². The number of rotatable bonds is 4. The monoisotopic (exact) mass is 484 g/mol. The summed E-state index contributed by atoms with van der Waals surface area (Å²) < 4.78 is 5.36. The second-order valence-electron chi connectivity index (χ2n) is 8.68. The van der Waals surface area contributed by atoms with Crippen molar-refractivity contribution in [3.8, 4) is 21.6 Å². The number of aliphatic hydroxyl groups is 2. The molecule has 0 radical (unpaired) electrons. The zero-order valence-electron chi connectivity index (χ0n) is 18.0. The van der Waals surface area contributed by atoms with Crippen molar-refractivity contribution in [2.45, 2.75) is 31.0 Å². The zero-order chi connectivity index (χ0) is 23.0. The van der Waals surface area contributed by atoms with Gasteiger partial charge in [0.2, 0.25) is 0 Å². The molecule has 2 saturated heterocycles. The molecular formula is C25H25ClN2O4S. The Morgan fingerprint density at radius 2 is 2.00 bits per heavy atom. The summed E-state index contributed by atoms with van der Waals surface area (Å²) in [7, 11) is 0. The standard InChI is InChI=1S/C25H25ClN2O4S/c26-21-11-17(24(30)28-8-4-19(29)5-9-28)1-2-20(21)22-12-18(14-33-22)16-3-7-27-23(13-16)25(31)6-10-32-15-25/h1-3,7,11-14,19,29,31H,4-6,8-10,15H2. The molecule has 4 heterocycles. The van der Waals surface area contributed by atoms with Crippen LogP contribution in [0.5, 0.6) is 0 Å². The summed E-state index contributed by atoms with van der Waals surface area (Å²) in [6.07, 6.45) is 3.15. The largest absolute Gasteiger partial charge is 0.393 e. The van der Waals surface area contributed by atoms with Gasteiger partial charge in [-0.05, 0) is 59.7 Å². The topological polar surface area (TPSA) is 82.9 Å². The van der Waals surface area contributed by atoms with E-state index in [1.165, 1.54) is 0 Å². The summed E-state index contributed by atoms with van der Waals surface area (Å²) in [5, 5.41) is 23.0. The third-order valence-corrected chi connectivity index (χ3v) is 7.68. The van der Waals surface area contributed by atoms with Crippen LogP contribution >= 0.6 is 22.9 Å². The van der Waals surface area contributed by atoms with Crippen LogP contribution in [0.25, 0.3) is 21.6 Å². The molecule has 2 N–H and O–H groups in total. The Hall–Kier alpha value is -2.29. The molecule has 2 aliphatic rings. The van der Waals surface area contributed by atoms with E-state index in [-0.39, 0.29) is 18.6 Å². The first kappa shape index (κ1) is 22.5. The molecule has 6 nitrogen and oxygen atoms in total.